The minimum atomic E-state index is -0.631. The second-order valence-corrected chi connectivity index (χ2v) is 6.58. The Bertz CT molecular complexity index is 883. The zero-order chi connectivity index (χ0) is 21.1. The third-order valence-corrected chi connectivity index (χ3v) is 4.71. The van der Waals surface area contributed by atoms with Crippen LogP contribution in [-0.4, -0.2) is 83.4 Å². The van der Waals surface area contributed by atoms with E-state index in [0.29, 0.717) is 23.9 Å². The quantitative estimate of drug-likeness (QED) is 0.415. The molecule has 1 fully saturated rings. The highest BCUT2D eigenvalue weighted by Crippen LogP contribution is 2.27. The number of benzene rings is 1. The van der Waals surface area contributed by atoms with Gasteiger partial charge in [-0.25, -0.2) is 15.2 Å². The Labute approximate surface area is 168 Å². The molecule has 1 saturated heterocycles. The number of hydrazone groups is 1. The van der Waals surface area contributed by atoms with Crippen molar-refractivity contribution in [3.63, 3.8) is 0 Å². The number of nitrogens with zero attached hydrogens (tertiary/aromatic N) is 5. The van der Waals surface area contributed by atoms with E-state index in [4.69, 9.17) is 4.74 Å². The van der Waals surface area contributed by atoms with E-state index in [1.165, 1.54) is 17.0 Å². The summed E-state index contributed by atoms with van der Waals surface area (Å²) in [6, 6.07) is 3.83. The van der Waals surface area contributed by atoms with Gasteiger partial charge in [0.25, 0.3) is 5.91 Å². The maximum atomic E-state index is 12.7. The number of phenolic OH excluding ortho intramolecular Hbond substituents is 1. The van der Waals surface area contributed by atoms with Crippen molar-refractivity contribution < 1.29 is 19.4 Å². The van der Waals surface area contributed by atoms with Gasteiger partial charge in [0.2, 0.25) is 5.96 Å². The highest BCUT2D eigenvalue weighted by Gasteiger charge is 2.50. The number of imide groups is 1. The van der Waals surface area contributed by atoms with E-state index in [1.807, 2.05) is 6.92 Å². The summed E-state index contributed by atoms with van der Waals surface area (Å²) in [7, 11) is 3.32. The lowest BCUT2D eigenvalue weighted by Gasteiger charge is -2.39. The number of hydrogen-bond acceptors (Lipinski definition) is 8. The van der Waals surface area contributed by atoms with Crippen molar-refractivity contribution in [2.24, 2.45) is 10.1 Å². The third kappa shape index (κ3) is 3.73. The molecule has 10 nitrogen and oxygen atoms in total. The first kappa shape index (κ1) is 20.2. The predicted octanol–water partition coefficient (Wildman–Crippen LogP) is 0.790. The van der Waals surface area contributed by atoms with Crippen LogP contribution in [0.1, 0.15) is 12.5 Å². The number of aliphatic imine (C=N–C) groups is 1. The second-order valence-electron chi connectivity index (χ2n) is 6.58. The number of fused-ring (bicyclic) bond motifs is 1. The van der Waals surface area contributed by atoms with Crippen LogP contribution in [0, 0.1) is 0 Å². The van der Waals surface area contributed by atoms with E-state index < -0.39 is 18.2 Å². The zero-order valence-electron chi connectivity index (χ0n) is 16.6. The second kappa shape index (κ2) is 8.21. The molecular weight excluding hydrogens is 376 g/mol. The van der Waals surface area contributed by atoms with Gasteiger partial charge in [-0.2, -0.15) is 5.10 Å². The lowest BCUT2D eigenvalue weighted by atomic mass is 10.1. The highest BCUT2D eigenvalue weighted by atomic mass is 16.5. The van der Waals surface area contributed by atoms with Gasteiger partial charge in [0.05, 0.1) is 12.8 Å². The minimum absolute atomic E-state index is 0.0521. The van der Waals surface area contributed by atoms with Gasteiger partial charge in [0.1, 0.15) is 0 Å². The van der Waals surface area contributed by atoms with Crippen molar-refractivity contribution in [2.45, 2.75) is 19.1 Å². The lowest BCUT2D eigenvalue weighted by molar-refractivity contribution is -0.136. The Balaban J connectivity index is 1.74. The number of rotatable bonds is 6. The molecule has 1 aromatic rings. The summed E-state index contributed by atoms with van der Waals surface area (Å²) in [5.74, 6) is 0.459. The Morgan fingerprint density at radius 3 is 2.79 bits per heavy atom. The molecular formula is C19H24N6O4. The number of urea groups is 1. The van der Waals surface area contributed by atoms with E-state index in [-0.39, 0.29) is 18.2 Å². The van der Waals surface area contributed by atoms with Crippen molar-refractivity contribution >= 4 is 24.1 Å². The van der Waals surface area contributed by atoms with Crippen LogP contribution >= 0.6 is 0 Å². The molecule has 0 bridgehead atoms. The Morgan fingerprint density at radius 2 is 2.10 bits per heavy atom. The number of phenols is 1. The number of amides is 3. The summed E-state index contributed by atoms with van der Waals surface area (Å²) < 4.78 is 5.35. The molecule has 29 heavy (non-hydrogen) atoms. The molecule has 0 radical (unpaired) electrons. The molecule has 1 aromatic carbocycles. The Kier molecular flexibility index (Phi) is 5.71. The van der Waals surface area contributed by atoms with Crippen molar-refractivity contribution in [1.29, 1.82) is 0 Å². The fourth-order valence-electron chi connectivity index (χ4n) is 3.22. The first-order valence-corrected chi connectivity index (χ1v) is 9.13. The molecule has 2 aliphatic heterocycles. The molecule has 2 aliphatic rings. The minimum Gasteiger partial charge on any atom is -0.504 e. The molecule has 2 heterocycles. The third-order valence-electron chi connectivity index (χ3n) is 4.71. The normalized spacial score (nSPS) is 21.5. The van der Waals surface area contributed by atoms with Gasteiger partial charge in [-0.3, -0.25) is 9.69 Å². The SMILES string of the molecule is C=CCN1C(=O)C2C(N=C(N/N=C/c3ccc(O)c(OCC)c3)N2C)N(C)C1=O. The molecule has 2 atom stereocenters. The topological polar surface area (TPSA) is 110 Å². The molecule has 2 N–H and O–H groups in total. The summed E-state index contributed by atoms with van der Waals surface area (Å²) in [6.07, 6.45) is 2.43. The standard InChI is InChI=1S/C19H24N6O4/c1-5-9-25-17(27)15-16(24(4)19(25)28)21-18(23(15)3)22-20-11-12-7-8-13(26)14(10-12)29-6-2/h5,7-8,10-11,15-16,26H,1,6,9H2,2-4H3,(H,21,22)/b20-11+. The summed E-state index contributed by atoms with van der Waals surface area (Å²) in [5.41, 5.74) is 3.52. The van der Waals surface area contributed by atoms with Gasteiger partial charge in [-0.05, 0) is 30.7 Å². The van der Waals surface area contributed by atoms with E-state index >= 15 is 0 Å². The first-order chi connectivity index (χ1) is 13.9. The molecule has 154 valence electrons. The maximum absolute atomic E-state index is 12.7. The Hall–Kier alpha value is -3.56. The van der Waals surface area contributed by atoms with Gasteiger partial charge in [0.15, 0.2) is 23.7 Å². The molecule has 0 spiro atoms. The maximum Gasteiger partial charge on any atom is 0.328 e. The van der Waals surface area contributed by atoms with Gasteiger partial charge < -0.3 is 19.6 Å². The van der Waals surface area contributed by atoms with Crippen molar-refractivity contribution in [3.05, 3.63) is 36.4 Å². The summed E-state index contributed by atoms with van der Waals surface area (Å²) in [6.45, 7) is 6.00. The molecule has 0 saturated carbocycles. The number of carbonyl (C=O) groups excluding carboxylic acids is 2. The number of likely N-dealkylation sites (N-methyl/N-ethyl adjacent to an activating group) is 2. The monoisotopic (exact) mass is 400 g/mol. The first-order valence-electron chi connectivity index (χ1n) is 9.13. The van der Waals surface area contributed by atoms with E-state index in [2.05, 4.69) is 22.1 Å². The number of guanidine groups is 1. The smallest absolute Gasteiger partial charge is 0.328 e. The number of aromatic hydroxyl groups is 1. The molecule has 3 amide bonds. The van der Waals surface area contributed by atoms with Crippen LogP contribution in [0.25, 0.3) is 0 Å². The van der Waals surface area contributed by atoms with E-state index in [1.54, 1.807) is 37.3 Å². The molecule has 0 aliphatic carbocycles. The summed E-state index contributed by atoms with van der Waals surface area (Å²) in [5, 5.41) is 13.9. The highest BCUT2D eigenvalue weighted by molar-refractivity contribution is 6.03. The van der Waals surface area contributed by atoms with Gasteiger partial charge in [0, 0.05) is 20.6 Å². The molecule has 2 unspecified atom stereocenters. The van der Waals surface area contributed by atoms with Crippen molar-refractivity contribution in [1.82, 2.24) is 20.1 Å². The van der Waals surface area contributed by atoms with Crippen LogP contribution in [0.2, 0.25) is 0 Å². The van der Waals surface area contributed by atoms with E-state index in [9.17, 15) is 14.7 Å². The van der Waals surface area contributed by atoms with Gasteiger partial charge in [-0.15, -0.1) is 6.58 Å². The van der Waals surface area contributed by atoms with Crippen LogP contribution in [-0.2, 0) is 4.79 Å². The van der Waals surface area contributed by atoms with Crippen LogP contribution in [0.5, 0.6) is 11.5 Å². The number of ether oxygens (including phenoxy) is 1. The average Bonchev–Trinajstić information content (AvgIpc) is 3.03. The van der Waals surface area contributed by atoms with Gasteiger partial charge in [-0.1, -0.05) is 6.08 Å². The van der Waals surface area contributed by atoms with Crippen molar-refractivity contribution in [2.75, 3.05) is 27.2 Å². The zero-order valence-corrected chi connectivity index (χ0v) is 16.6. The fourth-order valence-corrected chi connectivity index (χ4v) is 3.22. The Morgan fingerprint density at radius 1 is 1.34 bits per heavy atom. The largest absolute Gasteiger partial charge is 0.504 e. The lowest BCUT2D eigenvalue weighted by Crippen LogP contribution is -2.64. The van der Waals surface area contributed by atoms with Crippen LogP contribution in [0.3, 0.4) is 0 Å². The average molecular weight is 400 g/mol. The van der Waals surface area contributed by atoms with Crippen LogP contribution in [0.15, 0.2) is 40.9 Å². The summed E-state index contributed by atoms with van der Waals surface area (Å²) in [4.78, 5) is 33.8. The van der Waals surface area contributed by atoms with Gasteiger partial charge >= 0.3 is 6.03 Å². The number of nitrogens with one attached hydrogen (secondary N) is 1. The van der Waals surface area contributed by atoms with Crippen LogP contribution in [0.4, 0.5) is 4.79 Å². The molecule has 10 heteroatoms. The van der Waals surface area contributed by atoms with E-state index in [0.717, 1.165) is 4.90 Å². The molecule has 0 aromatic heterocycles. The van der Waals surface area contributed by atoms with Crippen molar-refractivity contribution in [3.8, 4) is 11.5 Å². The van der Waals surface area contributed by atoms with Crippen LogP contribution < -0.4 is 10.2 Å². The summed E-state index contributed by atoms with van der Waals surface area (Å²) >= 11 is 0. The fraction of sp³-hybridized carbons (Fsp3) is 0.368. The molecule has 3 rings (SSSR count). The number of carbonyl (C=O) groups is 2. The predicted molar refractivity (Wildman–Crippen MR) is 108 cm³/mol. The number of hydrogen-bond donors (Lipinski definition) is 2.